The maximum Gasteiger partial charge on any atom is 0.221 e. The summed E-state index contributed by atoms with van der Waals surface area (Å²) in [6, 6.07) is 9.65. The van der Waals surface area contributed by atoms with E-state index in [1.165, 1.54) is 6.92 Å². The number of anilines is 2. The van der Waals surface area contributed by atoms with Gasteiger partial charge in [-0.15, -0.1) is 0 Å². The molecule has 104 valence electrons. The molecule has 2 rings (SSSR count). The summed E-state index contributed by atoms with van der Waals surface area (Å²) in [4.78, 5) is 15.0. The number of aromatic nitrogens is 1. The predicted molar refractivity (Wildman–Crippen MR) is 82.1 cm³/mol. The molecule has 0 aliphatic heterocycles. The number of aryl methyl sites for hydroxylation is 1. The molecule has 0 aliphatic rings. The number of carbonyl (C=O) groups excluding carboxylic acids is 1. The van der Waals surface area contributed by atoms with Crippen LogP contribution in [0.3, 0.4) is 0 Å². The Hall–Kier alpha value is -2.07. The molecular weight excluding hydrogens is 274 g/mol. The molecule has 0 radical (unpaired) electrons. The fourth-order valence-electron chi connectivity index (χ4n) is 1.77. The van der Waals surface area contributed by atoms with E-state index in [4.69, 9.17) is 11.6 Å². The third kappa shape index (κ3) is 3.96. The Bertz CT molecular complexity index is 611. The molecule has 1 amide bonds. The fourth-order valence-corrected chi connectivity index (χ4v) is 1.87. The SMILES string of the molecule is CC(=O)Nc1ccc(CNc2cnc(Cl)c(C)c2)cc1. The van der Waals surface area contributed by atoms with Crippen molar-refractivity contribution in [2.24, 2.45) is 0 Å². The molecule has 0 saturated heterocycles. The molecule has 0 unspecified atom stereocenters. The van der Waals surface area contributed by atoms with Gasteiger partial charge in [0.15, 0.2) is 0 Å². The summed E-state index contributed by atoms with van der Waals surface area (Å²) in [5.74, 6) is -0.0708. The Kier molecular flexibility index (Phi) is 4.58. The van der Waals surface area contributed by atoms with Gasteiger partial charge in [0.25, 0.3) is 0 Å². The zero-order valence-corrected chi connectivity index (χ0v) is 12.2. The number of halogens is 1. The maximum absolute atomic E-state index is 10.9. The molecule has 4 nitrogen and oxygen atoms in total. The van der Waals surface area contributed by atoms with Gasteiger partial charge in [-0.1, -0.05) is 23.7 Å². The summed E-state index contributed by atoms with van der Waals surface area (Å²) in [5, 5.41) is 6.54. The van der Waals surface area contributed by atoms with E-state index in [-0.39, 0.29) is 5.91 Å². The lowest BCUT2D eigenvalue weighted by Crippen LogP contribution is -2.06. The standard InChI is InChI=1S/C15H16ClN3O/c1-10-7-14(9-18-15(10)16)17-8-12-3-5-13(6-4-12)19-11(2)20/h3-7,9,17H,8H2,1-2H3,(H,19,20). The van der Waals surface area contributed by atoms with Crippen LogP contribution in [0, 0.1) is 6.92 Å². The lowest BCUT2D eigenvalue weighted by molar-refractivity contribution is -0.114. The number of rotatable bonds is 4. The summed E-state index contributed by atoms with van der Waals surface area (Å²) in [7, 11) is 0. The number of pyridine rings is 1. The molecule has 0 fully saturated rings. The first kappa shape index (κ1) is 14.3. The van der Waals surface area contributed by atoms with E-state index in [0.29, 0.717) is 11.7 Å². The van der Waals surface area contributed by atoms with E-state index in [1.54, 1.807) is 6.20 Å². The van der Waals surface area contributed by atoms with Gasteiger partial charge in [0.1, 0.15) is 5.15 Å². The zero-order chi connectivity index (χ0) is 14.5. The van der Waals surface area contributed by atoms with E-state index in [1.807, 2.05) is 37.3 Å². The van der Waals surface area contributed by atoms with Crippen molar-refractivity contribution < 1.29 is 4.79 Å². The molecule has 0 bridgehead atoms. The third-order valence-corrected chi connectivity index (χ3v) is 3.18. The van der Waals surface area contributed by atoms with Crippen LogP contribution in [-0.4, -0.2) is 10.9 Å². The van der Waals surface area contributed by atoms with Crippen LogP contribution in [0.15, 0.2) is 36.5 Å². The van der Waals surface area contributed by atoms with E-state index < -0.39 is 0 Å². The van der Waals surface area contributed by atoms with Crippen molar-refractivity contribution in [1.29, 1.82) is 0 Å². The maximum atomic E-state index is 10.9. The summed E-state index contributed by atoms with van der Waals surface area (Å²) in [5.41, 5.74) is 3.78. The quantitative estimate of drug-likeness (QED) is 0.845. The molecule has 0 saturated carbocycles. The van der Waals surface area contributed by atoms with E-state index in [2.05, 4.69) is 15.6 Å². The fraction of sp³-hybridized carbons (Fsp3) is 0.200. The highest BCUT2D eigenvalue weighted by molar-refractivity contribution is 6.30. The van der Waals surface area contributed by atoms with E-state index in [9.17, 15) is 4.79 Å². The number of hydrogen-bond donors (Lipinski definition) is 2. The van der Waals surface area contributed by atoms with Crippen molar-refractivity contribution in [3.05, 3.63) is 52.8 Å². The van der Waals surface area contributed by atoms with Crippen LogP contribution < -0.4 is 10.6 Å². The van der Waals surface area contributed by atoms with Crippen LogP contribution in [0.5, 0.6) is 0 Å². The number of nitrogens with one attached hydrogen (secondary N) is 2. The van der Waals surface area contributed by atoms with Gasteiger partial charge in [0.2, 0.25) is 5.91 Å². The molecule has 0 atom stereocenters. The lowest BCUT2D eigenvalue weighted by atomic mass is 10.2. The molecule has 20 heavy (non-hydrogen) atoms. The molecule has 1 aromatic carbocycles. The Balaban J connectivity index is 1.96. The summed E-state index contributed by atoms with van der Waals surface area (Å²) in [6.07, 6.45) is 1.71. The number of hydrogen-bond acceptors (Lipinski definition) is 3. The first-order valence-corrected chi connectivity index (χ1v) is 6.65. The summed E-state index contributed by atoms with van der Waals surface area (Å²) in [6.45, 7) is 4.09. The van der Waals surface area contributed by atoms with Gasteiger partial charge in [-0.3, -0.25) is 4.79 Å². The molecule has 0 spiro atoms. The highest BCUT2D eigenvalue weighted by Crippen LogP contribution is 2.17. The van der Waals surface area contributed by atoms with Crippen molar-refractivity contribution in [1.82, 2.24) is 4.98 Å². The third-order valence-electron chi connectivity index (χ3n) is 2.79. The second-order valence-corrected chi connectivity index (χ2v) is 4.92. The Labute approximate surface area is 123 Å². The van der Waals surface area contributed by atoms with Crippen LogP contribution in [0.4, 0.5) is 11.4 Å². The van der Waals surface area contributed by atoms with Gasteiger partial charge in [-0.25, -0.2) is 4.98 Å². The zero-order valence-electron chi connectivity index (χ0n) is 11.4. The van der Waals surface area contributed by atoms with Gasteiger partial charge < -0.3 is 10.6 Å². The normalized spacial score (nSPS) is 10.2. The van der Waals surface area contributed by atoms with Crippen LogP contribution in [-0.2, 0) is 11.3 Å². The average molecular weight is 290 g/mol. The molecule has 1 aromatic heterocycles. The highest BCUT2D eigenvalue weighted by Gasteiger charge is 2.00. The molecule has 0 aliphatic carbocycles. The van der Waals surface area contributed by atoms with Crippen molar-refractivity contribution in [2.45, 2.75) is 20.4 Å². The van der Waals surface area contributed by atoms with E-state index >= 15 is 0 Å². The first-order valence-electron chi connectivity index (χ1n) is 6.27. The highest BCUT2D eigenvalue weighted by atomic mass is 35.5. The monoisotopic (exact) mass is 289 g/mol. The van der Waals surface area contributed by atoms with Crippen molar-refractivity contribution in [3.63, 3.8) is 0 Å². The second-order valence-electron chi connectivity index (χ2n) is 4.56. The molecule has 5 heteroatoms. The van der Waals surface area contributed by atoms with Crippen molar-refractivity contribution in [3.8, 4) is 0 Å². The Morgan fingerprint density at radius 1 is 1.25 bits per heavy atom. The Morgan fingerprint density at radius 2 is 1.95 bits per heavy atom. The lowest BCUT2D eigenvalue weighted by Gasteiger charge is -2.08. The molecule has 1 heterocycles. The molecular formula is C15H16ClN3O. The van der Waals surface area contributed by atoms with Gasteiger partial charge in [-0.05, 0) is 36.2 Å². The minimum Gasteiger partial charge on any atom is -0.380 e. The van der Waals surface area contributed by atoms with Gasteiger partial charge in [0.05, 0.1) is 11.9 Å². The predicted octanol–water partition coefficient (Wildman–Crippen LogP) is 3.61. The number of carbonyl (C=O) groups is 1. The minimum atomic E-state index is -0.0708. The first-order chi connectivity index (χ1) is 9.54. The van der Waals surface area contributed by atoms with E-state index in [0.717, 1.165) is 22.5 Å². The number of benzene rings is 1. The molecule has 2 aromatic rings. The van der Waals surface area contributed by atoms with Gasteiger partial charge in [-0.2, -0.15) is 0 Å². The van der Waals surface area contributed by atoms with Crippen LogP contribution in [0.2, 0.25) is 5.15 Å². The average Bonchev–Trinajstić information content (AvgIpc) is 2.41. The largest absolute Gasteiger partial charge is 0.380 e. The Morgan fingerprint density at radius 3 is 2.55 bits per heavy atom. The van der Waals surface area contributed by atoms with Gasteiger partial charge >= 0.3 is 0 Å². The topological polar surface area (TPSA) is 54.0 Å². The number of nitrogens with zero attached hydrogens (tertiary/aromatic N) is 1. The number of amides is 1. The van der Waals surface area contributed by atoms with Crippen molar-refractivity contribution in [2.75, 3.05) is 10.6 Å². The van der Waals surface area contributed by atoms with Crippen LogP contribution in [0.1, 0.15) is 18.1 Å². The van der Waals surface area contributed by atoms with Gasteiger partial charge in [0, 0.05) is 19.2 Å². The second kappa shape index (κ2) is 6.39. The minimum absolute atomic E-state index is 0.0708. The van der Waals surface area contributed by atoms with Crippen molar-refractivity contribution >= 4 is 28.9 Å². The van der Waals surface area contributed by atoms with Crippen LogP contribution in [0.25, 0.3) is 0 Å². The smallest absolute Gasteiger partial charge is 0.221 e. The molecule has 2 N–H and O–H groups in total. The summed E-state index contributed by atoms with van der Waals surface area (Å²) >= 11 is 5.88. The summed E-state index contributed by atoms with van der Waals surface area (Å²) < 4.78 is 0. The van der Waals surface area contributed by atoms with Crippen LogP contribution >= 0.6 is 11.6 Å².